The molecule has 0 saturated heterocycles. The van der Waals surface area contributed by atoms with Crippen molar-refractivity contribution in [1.82, 2.24) is 4.98 Å². The van der Waals surface area contributed by atoms with E-state index in [1.807, 2.05) is 0 Å². The van der Waals surface area contributed by atoms with E-state index in [0.717, 1.165) is 0 Å². The summed E-state index contributed by atoms with van der Waals surface area (Å²) in [6.45, 7) is 1.78. The molecule has 1 amide bonds. The van der Waals surface area contributed by atoms with Gasteiger partial charge in [-0.3, -0.25) is 20.8 Å². The number of anilines is 2. The molecular weight excluding hydrogens is 336 g/mol. The number of hydrogen-bond donors (Lipinski definition) is 4. The van der Waals surface area contributed by atoms with E-state index in [1.54, 1.807) is 6.92 Å². The zero-order chi connectivity index (χ0) is 15.3. The number of nitrogens with two attached hydrogens (primary N) is 2. The van der Waals surface area contributed by atoms with Crippen LogP contribution in [-0.4, -0.2) is 27.8 Å². The molecule has 6 N–H and O–H groups in total. The van der Waals surface area contributed by atoms with Crippen LogP contribution in [0.1, 0.15) is 14.4 Å². The summed E-state index contributed by atoms with van der Waals surface area (Å²) < 4.78 is 4.65. The van der Waals surface area contributed by atoms with Crippen LogP contribution in [-0.2, 0) is 4.74 Å². The van der Waals surface area contributed by atoms with Crippen molar-refractivity contribution in [3.8, 4) is 0 Å². The zero-order valence-corrected chi connectivity index (χ0v) is 12.4. The monoisotopic (exact) mass is 352 g/mol. The maximum Gasteiger partial charge on any atom is 0.412 e. The molecule has 0 unspecified atom stereocenters. The van der Waals surface area contributed by atoms with Crippen LogP contribution in [0.25, 0.3) is 0 Å². The van der Waals surface area contributed by atoms with Gasteiger partial charge in [0.1, 0.15) is 10.7 Å². The summed E-state index contributed by atoms with van der Waals surface area (Å²) in [7, 11) is 0. The summed E-state index contributed by atoms with van der Waals surface area (Å²) in [6.07, 6.45) is -0.771. The lowest BCUT2D eigenvalue weighted by atomic mass is 10.3. The molecule has 0 aliphatic carbocycles. The van der Waals surface area contributed by atoms with Crippen LogP contribution < -0.4 is 16.8 Å². The van der Waals surface area contributed by atoms with Gasteiger partial charge in [0.15, 0.2) is 5.17 Å². The molecule has 124 valence electrons. The lowest BCUT2D eigenvalue weighted by molar-refractivity contribution is -0.387. The SMILES string of the molecule is C.CCOC(=O)Nc1cc(SC(=N)N)c([N+](=O)[O-])c(N)n1.Cl. The van der Waals surface area contributed by atoms with E-state index in [9.17, 15) is 14.9 Å². The van der Waals surface area contributed by atoms with Crippen LogP contribution in [0.3, 0.4) is 0 Å². The normalized spacial score (nSPS) is 8.95. The molecule has 0 atom stereocenters. The molecule has 1 aromatic heterocycles. The van der Waals surface area contributed by atoms with Crippen molar-refractivity contribution in [2.24, 2.45) is 5.73 Å². The molecule has 0 aliphatic rings. The summed E-state index contributed by atoms with van der Waals surface area (Å²) >= 11 is 0.629. The minimum atomic E-state index is -0.771. The molecule has 0 spiro atoms. The summed E-state index contributed by atoms with van der Waals surface area (Å²) in [5.41, 5.74) is 10.2. The minimum absolute atomic E-state index is 0. The average molecular weight is 353 g/mol. The fourth-order valence-corrected chi connectivity index (χ4v) is 1.93. The quantitative estimate of drug-likeness (QED) is 0.210. The second-order valence-electron chi connectivity index (χ2n) is 3.31. The number of ether oxygens (including phenoxy) is 1. The van der Waals surface area contributed by atoms with Crippen LogP contribution >= 0.6 is 24.2 Å². The number of thioether (sulfide) groups is 1. The van der Waals surface area contributed by atoms with Gasteiger partial charge in [-0.05, 0) is 18.7 Å². The Morgan fingerprint density at radius 3 is 2.68 bits per heavy atom. The van der Waals surface area contributed by atoms with Crippen LogP contribution in [0.5, 0.6) is 0 Å². The van der Waals surface area contributed by atoms with Crippen molar-refractivity contribution in [3.05, 3.63) is 16.2 Å². The zero-order valence-electron chi connectivity index (χ0n) is 10.8. The molecule has 22 heavy (non-hydrogen) atoms. The summed E-state index contributed by atoms with van der Waals surface area (Å²) in [5.74, 6) is -0.427. The van der Waals surface area contributed by atoms with Crippen LogP contribution in [0.2, 0.25) is 0 Å². The minimum Gasteiger partial charge on any atom is -0.450 e. The highest BCUT2D eigenvalue weighted by atomic mass is 35.5. The van der Waals surface area contributed by atoms with E-state index in [-0.39, 0.29) is 42.3 Å². The number of rotatable bonds is 4. The van der Waals surface area contributed by atoms with Crippen molar-refractivity contribution in [2.45, 2.75) is 19.2 Å². The van der Waals surface area contributed by atoms with E-state index in [4.69, 9.17) is 16.9 Å². The van der Waals surface area contributed by atoms with Crippen molar-refractivity contribution >= 4 is 52.8 Å². The Kier molecular flexibility index (Phi) is 9.64. The first-order chi connectivity index (χ1) is 9.35. The molecule has 0 saturated carbocycles. The largest absolute Gasteiger partial charge is 0.450 e. The number of amidine groups is 1. The van der Waals surface area contributed by atoms with Gasteiger partial charge in [-0.25, -0.2) is 9.78 Å². The highest BCUT2D eigenvalue weighted by Gasteiger charge is 2.23. The Hall–Kier alpha value is -2.27. The Morgan fingerprint density at radius 1 is 1.64 bits per heavy atom. The van der Waals surface area contributed by atoms with Crippen molar-refractivity contribution in [3.63, 3.8) is 0 Å². The topological polar surface area (TPSA) is 170 Å². The van der Waals surface area contributed by atoms with E-state index in [2.05, 4.69) is 15.0 Å². The van der Waals surface area contributed by atoms with E-state index < -0.39 is 22.5 Å². The fraction of sp³-hybridized carbons (Fsp3) is 0.300. The van der Waals surface area contributed by atoms with Crippen LogP contribution in [0, 0.1) is 15.5 Å². The maximum absolute atomic E-state index is 11.3. The molecule has 0 radical (unpaired) electrons. The third kappa shape index (κ3) is 6.01. The second kappa shape index (κ2) is 9.63. The van der Waals surface area contributed by atoms with Crippen LogP contribution in [0.15, 0.2) is 11.0 Å². The van der Waals surface area contributed by atoms with Gasteiger partial charge in [-0.2, -0.15) is 0 Å². The molecule has 1 aromatic rings. The van der Waals surface area contributed by atoms with Gasteiger partial charge in [0.05, 0.1) is 11.5 Å². The highest BCUT2D eigenvalue weighted by molar-refractivity contribution is 8.13. The Morgan fingerprint density at radius 2 is 2.23 bits per heavy atom. The number of nitro groups is 1. The van der Waals surface area contributed by atoms with Gasteiger partial charge in [-0.15, -0.1) is 12.4 Å². The predicted octanol–water partition coefficient (Wildman–Crippen LogP) is 2.18. The standard InChI is InChI=1S/C9H12N6O4S.CH4.ClH/c1-2-19-9(16)14-5-3-4(20-8(11)12)6(15(17)18)7(10)13-5;;/h3H,2H2,1H3,(H3,11,12)(H3,10,13,14,16);1H4;1H. The molecule has 0 aliphatic heterocycles. The van der Waals surface area contributed by atoms with Gasteiger partial charge in [0.25, 0.3) is 0 Å². The summed E-state index contributed by atoms with van der Waals surface area (Å²) in [5, 5.41) is 20.0. The molecule has 0 bridgehead atoms. The number of carbonyl (C=O) groups excluding carboxylic acids is 1. The number of carbonyl (C=O) groups is 1. The first-order valence-corrected chi connectivity index (χ1v) is 6.07. The summed E-state index contributed by atoms with van der Waals surface area (Å²) in [4.78, 5) is 25.1. The average Bonchev–Trinajstić information content (AvgIpc) is 2.26. The third-order valence-corrected chi connectivity index (χ3v) is 2.64. The second-order valence-corrected chi connectivity index (χ2v) is 4.39. The number of hydrogen-bond acceptors (Lipinski definition) is 8. The van der Waals surface area contributed by atoms with Crippen molar-refractivity contribution in [1.29, 1.82) is 5.41 Å². The lowest BCUT2D eigenvalue weighted by Crippen LogP contribution is -2.15. The number of pyridine rings is 1. The van der Waals surface area contributed by atoms with Gasteiger partial charge in [-0.1, -0.05) is 7.43 Å². The lowest BCUT2D eigenvalue weighted by Gasteiger charge is -2.08. The molecule has 1 heterocycles. The number of nitrogens with zero attached hydrogens (tertiary/aromatic N) is 2. The summed E-state index contributed by atoms with van der Waals surface area (Å²) in [6, 6.07) is 1.19. The third-order valence-electron chi connectivity index (χ3n) is 1.89. The predicted molar refractivity (Wildman–Crippen MR) is 87.7 cm³/mol. The first-order valence-electron chi connectivity index (χ1n) is 5.25. The number of nitrogen functional groups attached to an aromatic ring is 1. The van der Waals surface area contributed by atoms with Crippen molar-refractivity contribution in [2.75, 3.05) is 17.7 Å². The smallest absolute Gasteiger partial charge is 0.412 e. The van der Waals surface area contributed by atoms with Crippen molar-refractivity contribution < 1.29 is 14.5 Å². The maximum atomic E-state index is 11.3. The van der Waals surface area contributed by atoms with E-state index >= 15 is 0 Å². The molecule has 10 nitrogen and oxygen atoms in total. The molecule has 1 rings (SSSR count). The van der Waals surface area contributed by atoms with Gasteiger partial charge < -0.3 is 16.2 Å². The Bertz CT molecular complexity index is 571. The number of aromatic nitrogens is 1. The number of amides is 1. The molecule has 0 aromatic carbocycles. The first kappa shape index (κ1) is 22.0. The van der Waals surface area contributed by atoms with Gasteiger partial charge >= 0.3 is 11.8 Å². The highest BCUT2D eigenvalue weighted by Crippen LogP contribution is 2.34. The Labute approximate surface area is 137 Å². The molecule has 0 fully saturated rings. The fourth-order valence-electron chi connectivity index (χ4n) is 1.25. The van der Waals surface area contributed by atoms with E-state index in [0.29, 0.717) is 11.8 Å². The van der Waals surface area contributed by atoms with Crippen LogP contribution in [0.4, 0.5) is 22.1 Å². The molecular formula is C10H17ClN6O4S. The number of halogens is 1. The van der Waals surface area contributed by atoms with Gasteiger partial charge in [0, 0.05) is 6.07 Å². The van der Waals surface area contributed by atoms with Gasteiger partial charge in [0.2, 0.25) is 5.82 Å². The Balaban J connectivity index is 0. The van der Waals surface area contributed by atoms with E-state index in [1.165, 1.54) is 6.07 Å². The number of nitrogens with one attached hydrogen (secondary N) is 2. The molecule has 12 heteroatoms.